The van der Waals surface area contributed by atoms with Crippen molar-refractivity contribution in [3.8, 4) is 0 Å². The Morgan fingerprint density at radius 1 is 1.26 bits per heavy atom. The molecule has 2 rings (SSSR count). The van der Waals surface area contributed by atoms with Crippen molar-refractivity contribution in [2.75, 3.05) is 5.32 Å². The van der Waals surface area contributed by atoms with Gasteiger partial charge in [0.25, 0.3) is 0 Å². The average molecular weight is 315 g/mol. The normalized spacial score (nSPS) is 11.9. The lowest BCUT2D eigenvalue weighted by atomic mass is 9.96. The molecule has 6 nitrogen and oxygen atoms in total. The molecule has 0 bridgehead atoms. The summed E-state index contributed by atoms with van der Waals surface area (Å²) in [6, 6.07) is 9.85. The van der Waals surface area contributed by atoms with Crippen LogP contribution in [0.3, 0.4) is 0 Å². The second kappa shape index (κ2) is 7.58. The maximum atomic E-state index is 12.1. The van der Waals surface area contributed by atoms with Gasteiger partial charge in [-0.05, 0) is 23.5 Å². The Morgan fingerprint density at radius 3 is 2.57 bits per heavy atom. The number of benzene rings is 1. The Labute approximate surface area is 135 Å². The van der Waals surface area contributed by atoms with Crippen LogP contribution in [0.25, 0.3) is 0 Å². The van der Waals surface area contributed by atoms with Crippen molar-refractivity contribution in [1.29, 1.82) is 0 Å². The zero-order valence-electron chi connectivity index (χ0n) is 13.3. The van der Waals surface area contributed by atoms with Gasteiger partial charge in [0.2, 0.25) is 5.91 Å². The predicted octanol–water partition coefficient (Wildman–Crippen LogP) is 2.66. The average Bonchev–Trinajstić information content (AvgIpc) is 2.93. The number of nitrogens with one attached hydrogen (secondary N) is 1. The largest absolute Gasteiger partial charge is 0.480 e. The van der Waals surface area contributed by atoms with E-state index in [9.17, 15) is 9.59 Å². The molecular formula is C17H21N3O3. The second-order valence-electron chi connectivity index (χ2n) is 5.54. The monoisotopic (exact) mass is 315 g/mol. The summed E-state index contributed by atoms with van der Waals surface area (Å²) in [4.78, 5) is 22.7. The fraction of sp³-hybridized carbons (Fsp3) is 0.353. The second-order valence-corrected chi connectivity index (χ2v) is 5.54. The third-order valence-electron chi connectivity index (χ3n) is 3.65. The van der Waals surface area contributed by atoms with E-state index in [4.69, 9.17) is 5.11 Å². The Hall–Kier alpha value is -2.63. The van der Waals surface area contributed by atoms with Crippen molar-refractivity contribution in [1.82, 2.24) is 9.78 Å². The highest BCUT2D eigenvalue weighted by Gasteiger charge is 2.13. The lowest BCUT2D eigenvalue weighted by Crippen LogP contribution is -2.15. The first-order valence-corrected chi connectivity index (χ1v) is 7.62. The topological polar surface area (TPSA) is 84.2 Å². The summed E-state index contributed by atoms with van der Waals surface area (Å²) < 4.78 is 1.27. The number of rotatable bonds is 7. The molecule has 1 aromatic heterocycles. The van der Waals surface area contributed by atoms with E-state index in [0.717, 1.165) is 12.0 Å². The van der Waals surface area contributed by atoms with Crippen molar-refractivity contribution in [2.24, 2.45) is 0 Å². The lowest BCUT2D eigenvalue weighted by molar-refractivity contribution is -0.137. The van der Waals surface area contributed by atoms with Gasteiger partial charge in [0.15, 0.2) is 5.82 Å². The smallest absolute Gasteiger partial charge is 0.325 e. The van der Waals surface area contributed by atoms with Gasteiger partial charge in [-0.15, -0.1) is 0 Å². The number of aliphatic carboxylic acids is 1. The van der Waals surface area contributed by atoms with Crippen molar-refractivity contribution in [3.05, 3.63) is 47.7 Å². The van der Waals surface area contributed by atoms with Gasteiger partial charge in [0.05, 0.1) is 0 Å². The Bertz CT molecular complexity index is 677. The number of carbonyl (C=O) groups excluding carboxylic acids is 1. The summed E-state index contributed by atoms with van der Waals surface area (Å²) in [5.74, 6) is -0.653. The maximum Gasteiger partial charge on any atom is 0.325 e. The molecule has 1 unspecified atom stereocenters. The number of carboxylic acids is 1. The molecule has 0 spiro atoms. The van der Waals surface area contributed by atoms with Crippen LogP contribution in [0.4, 0.5) is 5.82 Å². The molecule has 0 aliphatic heterocycles. The van der Waals surface area contributed by atoms with Crippen molar-refractivity contribution < 1.29 is 14.7 Å². The molecule has 2 aromatic rings. The van der Waals surface area contributed by atoms with E-state index in [2.05, 4.69) is 41.6 Å². The number of hydrogen-bond donors (Lipinski definition) is 2. The third kappa shape index (κ3) is 4.95. The van der Waals surface area contributed by atoms with Crippen LogP contribution in [-0.4, -0.2) is 26.8 Å². The van der Waals surface area contributed by atoms with Gasteiger partial charge >= 0.3 is 5.97 Å². The van der Waals surface area contributed by atoms with E-state index >= 15 is 0 Å². The van der Waals surface area contributed by atoms with E-state index in [1.54, 1.807) is 6.07 Å². The summed E-state index contributed by atoms with van der Waals surface area (Å²) in [5, 5.41) is 15.4. The first kappa shape index (κ1) is 16.7. The Balaban J connectivity index is 1.90. The van der Waals surface area contributed by atoms with Gasteiger partial charge in [0.1, 0.15) is 6.54 Å². The van der Waals surface area contributed by atoms with Gasteiger partial charge in [-0.1, -0.05) is 38.1 Å². The van der Waals surface area contributed by atoms with Crippen LogP contribution < -0.4 is 5.32 Å². The van der Waals surface area contributed by atoms with E-state index in [0.29, 0.717) is 12.2 Å². The molecule has 0 radical (unpaired) electrons. The Kier molecular flexibility index (Phi) is 5.51. The molecule has 2 N–H and O–H groups in total. The molecule has 1 atom stereocenters. The van der Waals surface area contributed by atoms with Crippen LogP contribution in [0.5, 0.6) is 0 Å². The zero-order valence-corrected chi connectivity index (χ0v) is 13.3. The molecule has 1 amide bonds. The molecule has 0 saturated heterocycles. The minimum Gasteiger partial charge on any atom is -0.480 e. The molecule has 0 aliphatic rings. The van der Waals surface area contributed by atoms with Crippen LogP contribution in [-0.2, 0) is 22.6 Å². The molecule has 1 heterocycles. The molecule has 0 aliphatic carbocycles. The minimum atomic E-state index is -0.977. The number of amides is 1. The molecule has 0 saturated carbocycles. The standard InChI is InChI=1S/C17H21N3O3/c1-3-13-4-6-14(7-5-13)12(2)10-16(21)18-15-8-9-20(19-15)11-17(22)23/h4-9,12H,3,10-11H2,1-2H3,(H,22,23)(H,18,19,21). The summed E-state index contributed by atoms with van der Waals surface area (Å²) in [7, 11) is 0. The zero-order chi connectivity index (χ0) is 16.8. The number of aromatic nitrogens is 2. The van der Waals surface area contributed by atoms with Crippen molar-refractivity contribution >= 4 is 17.7 Å². The molecule has 6 heteroatoms. The van der Waals surface area contributed by atoms with Gasteiger partial charge in [-0.25, -0.2) is 0 Å². The van der Waals surface area contributed by atoms with Crippen LogP contribution in [0.2, 0.25) is 0 Å². The number of carbonyl (C=O) groups is 2. The highest BCUT2D eigenvalue weighted by molar-refractivity contribution is 5.90. The number of carboxylic acid groups (broad SMARTS) is 1. The number of nitrogens with zero attached hydrogens (tertiary/aromatic N) is 2. The van der Waals surface area contributed by atoms with E-state index < -0.39 is 5.97 Å². The van der Waals surface area contributed by atoms with Gasteiger partial charge in [-0.2, -0.15) is 5.10 Å². The quantitative estimate of drug-likeness (QED) is 0.822. The van der Waals surface area contributed by atoms with Gasteiger partial charge in [-0.3, -0.25) is 14.3 Å². The summed E-state index contributed by atoms with van der Waals surface area (Å²) in [6.07, 6.45) is 2.86. The first-order chi connectivity index (χ1) is 11.0. The van der Waals surface area contributed by atoms with Crippen LogP contribution in [0, 0.1) is 0 Å². The third-order valence-corrected chi connectivity index (χ3v) is 3.65. The van der Waals surface area contributed by atoms with Crippen molar-refractivity contribution in [3.63, 3.8) is 0 Å². The van der Waals surface area contributed by atoms with E-state index in [-0.39, 0.29) is 18.4 Å². The Morgan fingerprint density at radius 2 is 1.96 bits per heavy atom. The summed E-state index contributed by atoms with van der Waals surface area (Å²) in [5.41, 5.74) is 2.39. The molecule has 1 aromatic carbocycles. The number of anilines is 1. The summed E-state index contributed by atoms with van der Waals surface area (Å²) in [6.45, 7) is 3.88. The molecule has 23 heavy (non-hydrogen) atoms. The van der Waals surface area contributed by atoms with Gasteiger partial charge in [0, 0.05) is 18.7 Å². The first-order valence-electron chi connectivity index (χ1n) is 7.62. The van der Waals surface area contributed by atoms with E-state index in [1.807, 2.05) is 6.92 Å². The van der Waals surface area contributed by atoms with E-state index in [1.165, 1.54) is 16.4 Å². The maximum absolute atomic E-state index is 12.1. The SMILES string of the molecule is CCc1ccc(C(C)CC(=O)Nc2ccn(CC(=O)O)n2)cc1. The van der Waals surface area contributed by atoms with Crippen molar-refractivity contribution in [2.45, 2.75) is 39.2 Å². The fourth-order valence-electron chi connectivity index (χ4n) is 2.33. The fourth-order valence-corrected chi connectivity index (χ4v) is 2.33. The minimum absolute atomic E-state index is 0.0991. The predicted molar refractivity (Wildman–Crippen MR) is 87.3 cm³/mol. The molecular weight excluding hydrogens is 294 g/mol. The number of aryl methyl sites for hydroxylation is 1. The van der Waals surface area contributed by atoms with Crippen LogP contribution in [0.15, 0.2) is 36.5 Å². The van der Waals surface area contributed by atoms with Gasteiger partial charge < -0.3 is 10.4 Å². The van der Waals surface area contributed by atoms with Crippen LogP contribution >= 0.6 is 0 Å². The van der Waals surface area contributed by atoms with Crippen LogP contribution in [0.1, 0.15) is 37.3 Å². The number of hydrogen-bond acceptors (Lipinski definition) is 3. The summed E-state index contributed by atoms with van der Waals surface area (Å²) >= 11 is 0. The molecule has 0 fully saturated rings. The lowest BCUT2D eigenvalue weighted by Gasteiger charge is -2.12. The highest BCUT2D eigenvalue weighted by Crippen LogP contribution is 2.20. The highest BCUT2D eigenvalue weighted by atomic mass is 16.4. The molecule has 122 valence electrons.